The van der Waals surface area contributed by atoms with Crippen LogP contribution in [0, 0.1) is 5.92 Å². The molecule has 1 aromatic carbocycles. The van der Waals surface area contributed by atoms with Gasteiger partial charge < -0.3 is 4.74 Å². The minimum Gasteiger partial charge on any atom is -0.378 e. The van der Waals surface area contributed by atoms with Gasteiger partial charge in [0.25, 0.3) is 0 Å². The van der Waals surface area contributed by atoms with E-state index in [4.69, 9.17) is 4.74 Å². The van der Waals surface area contributed by atoms with E-state index in [1.807, 2.05) is 0 Å². The molecule has 0 aromatic heterocycles. The van der Waals surface area contributed by atoms with Gasteiger partial charge in [0.2, 0.25) is 0 Å². The van der Waals surface area contributed by atoms with Crippen molar-refractivity contribution in [1.29, 1.82) is 0 Å². The first-order valence-electron chi connectivity index (χ1n) is 7.45. The fourth-order valence-corrected chi connectivity index (χ4v) is 3.59. The molecule has 1 aliphatic carbocycles. The van der Waals surface area contributed by atoms with Gasteiger partial charge >= 0.3 is 0 Å². The van der Waals surface area contributed by atoms with Gasteiger partial charge in [0.15, 0.2) is 0 Å². The van der Waals surface area contributed by atoms with E-state index in [0.29, 0.717) is 16.8 Å². The van der Waals surface area contributed by atoms with E-state index >= 15 is 0 Å². The number of hydrogen-bond donors (Lipinski definition) is 0. The molecule has 2 rings (SSSR count). The van der Waals surface area contributed by atoms with Gasteiger partial charge in [-0.05, 0) is 49.1 Å². The topological polar surface area (TPSA) is 9.23 Å². The van der Waals surface area contributed by atoms with E-state index < -0.39 is 0 Å². The Hall–Kier alpha value is -0.340. The highest BCUT2D eigenvalue weighted by molar-refractivity contribution is 9.09. The molecule has 2 heteroatoms. The summed E-state index contributed by atoms with van der Waals surface area (Å²) in [4.78, 5) is 0.487. The number of ether oxygens (including phenoxy) is 1. The average Bonchev–Trinajstić information content (AvgIpc) is 2.36. The molecular weight excluding hydrogens is 300 g/mol. The lowest BCUT2D eigenvalue weighted by Gasteiger charge is -2.36. The Morgan fingerprint density at radius 2 is 1.74 bits per heavy atom. The molecule has 1 nitrogen and oxygen atoms in total. The largest absolute Gasteiger partial charge is 0.378 e. The third kappa shape index (κ3) is 4.06. The summed E-state index contributed by atoms with van der Waals surface area (Å²) in [5, 5.41) is 0. The lowest BCUT2D eigenvalue weighted by atomic mass is 9.78. The zero-order valence-electron chi connectivity index (χ0n) is 12.2. The molecule has 0 aliphatic heterocycles. The number of alkyl halides is 1. The number of hydrogen-bond acceptors (Lipinski definition) is 1. The lowest BCUT2D eigenvalue weighted by molar-refractivity contribution is -0.0264. The number of benzene rings is 1. The normalized spacial score (nSPS) is 24.3. The van der Waals surface area contributed by atoms with Crippen molar-refractivity contribution in [2.45, 2.75) is 56.9 Å². The maximum atomic E-state index is 5.62. The molecule has 1 fully saturated rings. The first kappa shape index (κ1) is 15.1. The molecule has 0 spiro atoms. The highest BCUT2D eigenvalue weighted by atomic mass is 79.9. The summed E-state index contributed by atoms with van der Waals surface area (Å²) >= 11 is 3.84. The van der Waals surface area contributed by atoms with Gasteiger partial charge in [-0.3, -0.25) is 0 Å². The van der Waals surface area contributed by atoms with Crippen molar-refractivity contribution in [3.8, 4) is 0 Å². The predicted molar refractivity (Wildman–Crippen MR) is 85.0 cm³/mol. The van der Waals surface area contributed by atoms with Crippen molar-refractivity contribution >= 4 is 15.9 Å². The van der Waals surface area contributed by atoms with E-state index in [1.54, 1.807) is 0 Å². The van der Waals surface area contributed by atoms with Crippen molar-refractivity contribution < 1.29 is 4.74 Å². The van der Waals surface area contributed by atoms with Crippen LogP contribution in [0.1, 0.15) is 61.9 Å². The third-order valence-corrected chi connectivity index (χ3v) is 5.00. The second-order valence-electron chi connectivity index (χ2n) is 5.94. The van der Waals surface area contributed by atoms with Gasteiger partial charge in [-0.25, -0.2) is 0 Å². The molecule has 0 radical (unpaired) electrons. The fraction of sp³-hybridized carbons (Fsp3) is 0.647. The zero-order chi connectivity index (χ0) is 13.8. The molecule has 1 atom stereocenters. The Morgan fingerprint density at radius 1 is 1.16 bits per heavy atom. The van der Waals surface area contributed by atoms with Gasteiger partial charge in [0.1, 0.15) is 0 Å². The molecular formula is C17H25BrO. The van der Waals surface area contributed by atoms with Crippen molar-refractivity contribution in [3.63, 3.8) is 0 Å². The second kappa shape index (κ2) is 6.90. The Balaban J connectivity index is 1.82. The van der Waals surface area contributed by atoms with Crippen LogP contribution in [-0.2, 0) is 4.74 Å². The molecule has 0 bridgehead atoms. The third-order valence-electron chi connectivity index (χ3n) is 4.10. The van der Waals surface area contributed by atoms with Crippen LogP contribution in [0.3, 0.4) is 0 Å². The minimum absolute atomic E-state index is 0.487. The van der Waals surface area contributed by atoms with Gasteiger partial charge in [-0.15, -0.1) is 0 Å². The molecule has 0 saturated heterocycles. The smallest absolute Gasteiger partial charge is 0.0580 e. The standard InChI is InChI=1S/C17H25BrO/c1-4-19-16-9-13(10-16)11-17(18)15-7-5-14(6-8-15)12(2)3/h5-8,12-13,16-17H,4,9-11H2,1-3H3. The first-order valence-corrected chi connectivity index (χ1v) is 8.37. The van der Waals surface area contributed by atoms with Crippen LogP contribution in [0.15, 0.2) is 24.3 Å². The van der Waals surface area contributed by atoms with Gasteiger partial charge in [0, 0.05) is 11.4 Å². The fourth-order valence-electron chi connectivity index (χ4n) is 2.76. The molecule has 0 amide bonds. The number of halogens is 1. The van der Waals surface area contributed by atoms with E-state index in [-0.39, 0.29) is 0 Å². The molecule has 1 aliphatic rings. The van der Waals surface area contributed by atoms with E-state index in [9.17, 15) is 0 Å². The van der Waals surface area contributed by atoms with E-state index in [1.165, 1.54) is 30.4 Å². The van der Waals surface area contributed by atoms with Crippen molar-refractivity contribution in [1.82, 2.24) is 0 Å². The zero-order valence-corrected chi connectivity index (χ0v) is 13.8. The van der Waals surface area contributed by atoms with Crippen LogP contribution < -0.4 is 0 Å². The SMILES string of the molecule is CCOC1CC(CC(Br)c2ccc(C(C)C)cc2)C1. The van der Waals surface area contributed by atoms with Crippen molar-refractivity contribution in [3.05, 3.63) is 35.4 Å². The minimum atomic E-state index is 0.487. The Bertz CT molecular complexity index is 379. The van der Waals surface area contributed by atoms with Crippen LogP contribution in [0.5, 0.6) is 0 Å². The molecule has 1 saturated carbocycles. The van der Waals surface area contributed by atoms with E-state index in [0.717, 1.165) is 12.5 Å². The molecule has 106 valence electrons. The summed E-state index contributed by atoms with van der Waals surface area (Å²) in [5.41, 5.74) is 2.83. The summed E-state index contributed by atoms with van der Waals surface area (Å²) in [7, 11) is 0. The van der Waals surface area contributed by atoms with Crippen molar-refractivity contribution in [2.24, 2.45) is 5.92 Å². The molecule has 19 heavy (non-hydrogen) atoms. The second-order valence-corrected chi connectivity index (χ2v) is 7.04. The quantitative estimate of drug-likeness (QED) is 0.632. The first-order chi connectivity index (χ1) is 9.10. The van der Waals surface area contributed by atoms with Crippen LogP contribution in [0.25, 0.3) is 0 Å². The van der Waals surface area contributed by atoms with Gasteiger partial charge in [-0.1, -0.05) is 54.0 Å². The highest BCUT2D eigenvalue weighted by Crippen LogP contribution is 2.40. The predicted octanol–water partition coefficient (Wildman–Crippen LogP) is 5.45. The Morgan fingerprint density at radius 3 is 2.26 bits per heavy atom. The van der Waals surface area contributed by atoms with Gasteiger partial charge in [0.05, 0.1) is 6.10 Å². The Kier molecular flexibility index (Phi) is 5.47. The molecule has 0 heterocycles. The highest BCUT2D eigenvalue weighted by Gasteiger charge is 2.31. The van der Waals surface area contributed by atoms with Crippen LogP contribution >= 0.6 is 15.9 Å². The summed E-state index contributed by atoms with van der Waals surface area (Å²) in [6, 6.07) is 9.07. The van der Waals surface area contributed by atoms with Crippen LogP contribution in [-0.4, -0.2) is 12.7 Å². The monoisotopic (exact) mass is 324 g/mol. The van der Waals surface area contributed by atoms with Crippen LogP contribution in [0.2, 0.25) is 0 Å². The maximum Gasteiger partial charge on any atom is 0.0580 e. The van der Waals surface area contributed by atoms with Gasteiger partial charge in [-0.2, -0.15) is 0 Å². The summed E-state index contributed by atoms with van der Waals surface area (Å²) < 4.78 is 5.62. The van der Waals surface area contributed by atoms with Crippen molar-refractivity contribution in [2.75, 3.05) is 6.61 Å². The maximum absolute atomic E-state index is 5.62. The Labute approximate surface area is 125 Å². The average molecular weight is 325 g/mol. The summed E-state index contributed by atoms with van der Waals surface area (Å²) in [6.45, 7) is 7.41. The summed E-state index contributed by atoms with van der Waals surface area (Å²) in [5.74, 6) is 1.44. The molecule has 1 unspecified atom stereocenters. The van der Waals surface area contributed by atoms with Crippen LogP contribution in [0.4, 0.5) is 0 Å². The molecule has 1 aromatic rings. The van der Waals surface area contributed by atoms with E-state index in [2.05, 4.69) is 61.0 Å². The molecule has 0 N–H and O–H groups in total. The summed E-state index contributed by atoms with van der Waals surface area (Å²) in [6.07, 6.45) is 4.22. The number of rotatable bonds is 6. The lowest BCUT2D eigenvalue weighted by Crippen LogP contribution is -2.31.